The molecule has 0 bridgehead atoms. The number of nitrogens with one attached hydrogen (secondary N) is 2. The van der Waals surface area contributed by atoms with E-state index in [1.54, 1.807) is 0 Å². The number of nitrogens with zero attached hydrogens (tertiary/aromatic N) is 1. The summed E-state index contributed by atoms with van der Waals surface area (Å²) in [6, 6.07) is 19.6. The van der Waals surface area contributed by atoms with Crippen LogP contribution in [0.2, 0.25) is 0 Å². The van der Waals surface area contributed by atoms with Crippen molar-refractivity contribution in [3.8, 4) is 0 Å². The number of sulfonamides is 1. The molecule has 0 radical (unpaired) electrons. The summed E-state index contributed by atoms with van der Waals surface area (Å²) in [5.41, 5.74) is 1.40. The molecule has 0 saturated carbocycles. The van der Waals surface area contributed by atoms with E-state index in [0.717, 1.165) is 16.3 Å². The molecule has 7 nitrogen and oxygen atoms in total. The first-order valence-corrected chi connectivity index (χ1v) is 13.0. The molecule has 0 spiro atoms. The molecule has 182 valence electrons. The van der Waals surface area contributed by atoms with Crippen LogP contribution in [0.1, 0.15) is 35.7 Å². The fourth-order valence-corrected chi connectivity index (χ4v) is 6.19. The molecule has 0 aliphatic carbocycles. The highest BCUT2D eigenvalue weighted by atomic mass is 32.2. The van der Waals surface area contributed by atoms with E-state index in [4.69, 9.17) is 0 Å². The Hall–Kier alpha value is -3.49. The van der Waals surface area contributed by atoms with Crippen LogP contribution >= 0.6 is 0 Å². The smallest absolute Gasteiger partial charge is 0.251 e. The molecule has 3 aromatic rings. The molecule has 2 unspecified atom stereocenters. The SMILES string of the molecule is C=CC(=O)NC1CCN(S(=O)(=O)c2ccc(C(=O)NCc3cccc4ccccc34)cc2)C(C)C1. The van der Waals surface area contributed by atoms with Gasteiger partial charge < -0.3 is 10.6 Å². The van der Waals surface area contributed by atoms with Gasteiger partial charge in [-0.15, -0.1) is 0 Å². The molecule has 2 atom stereocenters. The van der Waals surface area contributed by atoms with Crippen molar-refractivity contribution in [1.29, 1.82) is 0 Å². The van der Waals surface area contributed by atoms with Crippen LogP contribution in [0.15, 0.2) is 84.3 Å². The topological polar surface area (TPSA) is 95.6 Å². The van der Waals surface area contributed by atoms with Gasteiger partial charge in [-0.05, 0) is 66.4 Å². The van der Waals surface area contributed by atoms with Gasteiger partial charge in [-0.25, -0.2) is 8.42 Å². The highest BCUT2D eigenvalue weighted by Crippen LogP contribution is 2.26. The largest absolute Gasteiger partial charge is 0.350 e. The number of piperidine rings is 1. The lowest BCUT2D eigenvalue weighted by Crippen LogP contribution is -2.50. The first kappa shape index (κ1) is 24.6. The van der Waals surface area contributed by atoms with Crippen molar-refractivity contribution in [3.63, 3.8) is 0 Å². The van der Waals surface area contributed by atoms with E-state index in [1.807, 2.05) is 49.4 Å². The second-order valence-corrected chi connectivity index (χ2v) is 10.6. The predicted molar refractivity (Wildman–Crippen MR) is 136 cm³/mol. The van der Waals surface area contributed by atoms with Gasteiger partial charge in [0, 0.05) is 30.7 Å². The molecule has 3 aromatic carbocycles. The lowest BCUT2D eigenvalue weighted by atomic mass is 10.0. The average molecular weight is 492 g/mol. The number of amides is 2. The van der Waals surface area contributed by atoms with Crippen molar-refractivity contribution in [3.05, 3.63) is 90.5 Å². The van der Waals surface area contributed by atoms with E-state index in [1.165, 1.54) is 34.6 Å². The number of hydrogen-bond acceptors (Lipinski definition) is 4. The maximum Gasteiger partial charge on any atom is 0.251 e. The van der Waals surface area contributed by atoms with Gasteiger partial charge >= 0.3 is 0 Å². The zero-order chi connectivity index (χ0) is 25.0. The van der Waals surface area contributed by atoms with Gasteiger partial charge in [0.25, 0.3) is 5.91 Å². The van der Waals surface area contributed by atoms with E-state index < -0.39 is 10.0 Å². The number of hydrogen-bond donors (Lipinski definition) is 2. The third-order valence-electron chi connectivity index (χ3n) is 6.39. The maximum atomic E-state index is 13.2. The Balaban J connectivity index is 1.41. The Morgan fingerprint density at radius 1 is 1.06 bits per heavy atom. The summed E-state index contributed by atoms with van der Waals surface area (Å²) < 4.78 is 27.9. The first-order chi connectivity index (χ1) is 16.8. The van der Waals surface area contributed by atoms with Crippen molar-refractivity contribution in [2.75, 3.05) is 6.54 Å². The number of rotatable bonds is 7. The zero-order valence-electron chi connectivity index (χ0n) is 19.6. The molecule has 1 fully saturated rings. The number of benzene rings is 3. The van der Waals surface area contributed by atoms with Gasteiger partial charge in [0.15, 0.2) is 0 Å². The van der Waals surface area contributed by atoms with Gasteiger partial charge in [-0.2, -0.15) is 4.31 Å². The summed E-state index contributed by atoms with van der Waals surface area (Å²) in [5, 5.41) is 7.95. The molecular formula is C27H29N3O4S. The molecule has 35 heavy (non-hydrogen) atoms. The molecule has 1 aliphatic rings. The van der Waals surface area contributed by atoms with Crippen molar-refractivity contribution >= 4 is 32.6 Å². The van der Waals surface area contributed by atoms with Crippen LogP contribution in [-0.4, -0.2) is 43.2 Å². The monoisotopic (exact) mass is 491 g/mol. The van der Waals surface area contributed by atoms with E-state index in [-0.39, 0.29) is 28.8 Å². The highest BCUT2D eigenvalue weighted by Gasteiger charge is 2.34. The lowest BCUT2D eigenvalue weighted by molar-refractivity contribution is -0.117. The Bertz CT molecular complexity index is 1350. The van der Waals surface area contributed by atoms with Crippen molar-refractivity contribution < 1.29 is 18.0 Å². The van der Waals surface area contributed by atoms with E-state index in [9.17, 15) is 18.0 Å². The van der Waals surface area contributed by atoms with Gasteiger partial charge in [0.1, 0.15) is 0 Å². The average Bonchev–Trinajstić information content (AvgIpc) is 2.87. The van der Waals surface area contributed by atoms with E-state index >= 15 is 0 Å². The van der Waals surface area contributed by atoms with Gasteiger partial charge in [-0.3, -0.25) is 9.59 Å². The summed E-state index contributed by atoms with van der Waals surface area (Å²) in [4.78, 5) is 24.4. The fourth-order valence-electron chi connectivity index (χ4n) is 4.54. The Kier molecular flexibility index (Phi) is 7.33. The Morgan fingerprint density at radius 3 is 2.49 bits per heavy atom. The second kappa shape index (κ2) is 10.4. The first-order valence-electron chi connectivity index (χ1n) is 11.6. The molecule has 0 aromatic heterocycles. The lowest BCUT2D eigenvalue weighted by Gasteiger charge is -2.36. The summed E-state index contributed by atoms with van der Waals surface area (Å²) in [7, 11) is -3.72. The van der Waals surface area contributed by atoms with E-state index in [0.29, 0.717) is 31.5 Å². The van der Waals surface area contributed by atoms with Crippen LogP contribution in [-0.2, 0) is 21.4 Å². The quantitative estimate of drug-likeness (QED) is 0.494. The normalized spacial score (nSPS) is 18.7. The number of carbonyl (C=O) groups is 2. The maximum absolute atomic E-state index is 13.2. The van der Waals surface area contributed by atoms with Crippen LogP contribution in [0.5, 0.6) is 0 Å². The molecule has 1 heterocycles. The van der Waals surface area contributed by atoms with Crippen LogP contribution < -0.4 is 10.6 Å². The van der Waals surface area contributed by atoms with Crippen molar-refractivity contribution in [2.24, 2.45) is 0 Å². The number of carbonyl (C=O) groups excluding carboxylic acids is 2. The van der Waals surface area contributed by atoms with Gasteiger partial charge in [0.2, 0.25) is 15.9 Å². The zero-order valence-corrected chi connectivity index (χ0v) is 20.4. The van der Waals surface area contributed by atoms with E-state index in [2.05, 4.69) is 17.2 Å². The minimum absolute atomic E-state index is 0.0882. The molecular weight excluding hydrogens is 462 g/mol. The van der Waals surface area contributed by atoms with Crippen LogP contribution in [0.25, 0.3) is 10.8 Å². The predicted octanol–water partition coefficient (Wildman–Crippen LogP) is 3.61. The summed E-state index contributed by atoms with van der Waals surface area (Å²) >= 11 is 0. The summed E-state index contributed by atoms with van der Waals surface area (Å²) in [5.74, 6) is -0.526. The fraction of sp³-hybridized carbons (Fsp3) is 0.259. The number of fused-ring (bicyclic) bond motifs is 1. The molecule has 1 aliphatic heterocycles. The van der Waals surface area contributed by atoms with Gasteiger partial charge in [0.05, 0.1) is 4.90 Å². The summed E-state index contributed by atoms with van der Waals surface area (Å²) in [6.07, 6.45) is 2.26. The second-order valence-electron chi connectivity index (χ2n) is 8.74. The van der Waals surface area contributed by atoms with Crippen molar-refractivity contribution in [2.45, 2.75) is 43.3 Å². The minimum atomic E-state index is -3.72. The Morgan fingerprint density at radius 2 is 1.77 bits per heavy atom. The summed E-state index contributed by atoms with van der Waals surface area (Å²) in [6.45, 7) is 5.96. The van der Waals surface area contributed by atoms with Crippen LogP contribution in [0, 0.1) is 0 Å². The third kappa shape index (κ3) is 5.44. The Labute approximate surface area is 205 Å². The molecule has 8 heteroatoms. The van der Waals surface area contributed by atoms with Crippen LogP contribution in [0.3, 0.4) is 0 Å². The highest BCUT2D eigenvalue weighted by molar-refractivity contribution is 7.89. The minimum Gasteiger partial charge on any atom is -0.350 e. The molecule has 2 N–H and O–H groups in total. The van der Waals surface area contributed by atoms with Crippen LogP contribution in [0.4, 0.5) is 0 Å². The van der Waals surface area contributed by atoms with Gasteiger partial charge in [-0.1, -0.05) is 49.0 Å². The molecule has 1 saturated heterocycles. The standard InChI is InChI=1S/C27H29N3O4S/c1-3-26(31)29-23-15-16-30(19(2)17-23)35(33,34)24-13-11-21(12-14-24)27(32)28-18-22-9-6-8-20-7-4-5-10-25(20)22/h3-14,19,23H,1,15-18H2,2H3,(H,28,32)(H,29,31). The third-order valence-corrected chi connectivity index (χ3v) is 8.42. The molecule has 4 rings (SSSR count). The molecule has 2 amide bonds. The van der Waals surface area contributed by atoms with Crippen molar-refractivity contribution in [1.82, 2.24) is 14.9 Å².